The number of piperidine rings is 1. The highest BCUT2D eigenvalue weighted by Crippen LogP contribution is 2.40. The van der Waals surface area contributed by atoms with Gasteiger partial charge in [0.15, 0.2) is 0 Å². The van der Waals surface area contributed by atoms with E-state index in [1.807, 2.05) is 23.1 Å². The van der Waals surface area contributed by atoms with Crippen LogP contribution in [0.1, 0.15) is 36.2 Å². The molecule has 0 radical (unpaired) electrons. The van der Waals surface area contributed by atoms with Crippen LogP contribution in [-0.2, 0) is 4.79 Å². The lowest BCUT2D eigenvalue weighted by Gasteiger charge is -2.44. The van der Waals surface area contributed by atoms with Gasteiger partial charge in [-0.1, -0.05) is 6.07 Å². The van der Waals surface area contributed by atoms with Gasteiger partial charge in [0.1, 0.15) is 5.69 Å². The van der Waals surface area contributed by atoms with Crippen LogP contribution in [0.4, 0.5) is 19.1 Å². The molecule has 0 unspecified atom stereocenters. The van der Waals surface area contributed by atoms with Gasteiger partial charge in [0.05, 0.1) is 0 Å². The number of likely N-dealkylation sites (tertiary alicyclic amines) is 1. The third kappa shape index (κ3) is 5.28. The van der Waals surface area contributed by atoms with Gasteiger partial charge in [0.2, 0.25) is 5.95 Å². The molecule has 4 heterocycles. The summed E-state index contributed by atoms with van der Waals surface area (Å²) < 4.78 is 31.7. The number of amides is 1. The second kappa shape index (κ2) is 9.27. The fraction of sp³-hybridized carbons (Fsp3) is 0.450. The number of carboxylic acid groups (broad SMARTS) is 1. The Morgan fingerprint density at radius 1 is 0.935 bits per heavy atom. The molecule has 166 valence electrons. The van der Waals surface area contributed by atoms with E-state index in [9.17, 15) is 18.0 Å². The highest BCUT2D eigenvalue weighted by Gasteiger charge is 2.45. The molecule has 2 aromatic rings. The molecule has 31 heavy (non-hydrogen) atoms. The number of hydrogen-bond donors (Lipinski definition) is 1. The van der Waals surface area contributed by atoms with Crippen molar-refractivity contribution in [2.24, 2.45) is 0 Å². The molecule has 0 atom stereocenters. The van der Waals surface area contributed by atoms with Crippen molar-refractivity contribution in [1.29, 1.82) is 0 Å². The second-order valence-corrected chi connectivity index (χ2v) is 7.34. The first-order chi connectivity index (χ1) is 14.7. The summed E-state index contributed by atoms with van der Waals surface area (Å²) in [5, 5.41) is 7.12. The molecule has 2 fully saturated rings. The Hall–Kier alpha value is -3.24. The van der Waals surface area contributed by atoms with E-state index in [-0.39, 0.29) is 11.4 Å². The Kier molecular flexibility index (Phi) is 6.71. The van der Waals surface area contributed by atoms with Gasteiger partial charge in [0.25, 0.3) is 5.91 Å². The Morgan fingerprint density at radius 3 is 2.10 bits per heavy atom. The summed E-state index contributed by atoms with van der Waals surface area (Å²) in [5.41, 5.74) is 0.630. The minimum Gasteiger partial charge on any atom is -0.475 e. The molecular formula is C20H22F3N5O3. The van der Waals surface area contributed by atoms with Crippen molar-refractivity contribution in [1.82, 2.24) is 19.9 Å². The third-order valence-electron chi connectivity index (χ3n) is 5.50. The quantitative estimate of drug-likeness (QED) is 0.771. The van der Waals surface area contributed by atoms with Crippen molar-refractivity contribution < 1.29 is 27.9 Å². The van der Waals surface area contributed by atoms with Gasteiger partial charge in [-0.3, -0.25) is 9.78 Å². The predicted molar refractivity (Wildman–Crippen MR) is 104 cm³/mol. The van der Waals surface area contributed by atoms with E-state index < -0.39 is 12.1 Å². The normalized spacial score (nSPS) is 17.8. The topological polar surface area (TPSA) is 99.5 Å². The maximum absolute atomic E-state index is 12.6. The molecule has 11 heteroatoms. The van der Waals surface area contributed by atoms with Crippen molar-refractivity contribution in [2.45, 2.75) is 37.4 Å². The summed E-state index contributed by atoms with van der Waals surface area (Å²) in [6.07, 6.45) is 4.42. The van der Waals surface area contributed by atoms with Crippen LogP contribution < -0.4 is 4.90 Å². The fourth-order valence-electron chi connectivity index (χ4n) is 3.98. The lowest BCUT2D eigenvalue weighted by atomic mass is 9.85. The van der Waals surface area contributed by atoms with E-state index in [4.69, 9.17) is 9.90 Å². The summed E-state index contributed by atoms with van der Waals surface area (Å²) >= 11 is 0. The predicted octanol–water partition coefficient (Wildman–Crippen LogP) is 2.78. The number of aliphatic carboxylic acids is 1. The highest BCUT2D eigenvalue weighted by atomic mass is 19.4. The molecule has 1 N–H and O–H groups in total. The van der Waals surface area contributed by atoms with Crippen LogP contribution in [-0.4, -0.2) is 68.2 Å². The zero-order chi connectivity index (χ0) is 22.5. The maximum atomic E-state index is 12.6. The van der Waals surface area contributed by atoms with Crippen LogP contribution in [0.25, 0.3) is 0 Å². The Labute approximate surface area is 176 Å². The third-order valence-corrected chi connectivity index (χ3v) is 5.50. The standard InChI is InChI=1S/C18H21N5O.C2HF3O2/c24-16(15-5-1-2-9-19-15)22-13-7-18(8-14-22)6-3-12-23(18)17-20-10-4-11-21-17;3-2(4,5)1(6)7/h1-2,4-5,9-11H,3,6-8,12-14H2;(H,6,7). The number of carbonyl (C=O) groups excluding carboxylic acids is 1. The average Bonchev–Trinajstić information content (AvgIpc) is 3.18. The first kappa shape index (κ1) is 22.4. The van der Waals surface area contributed by atoms with Gasteiger partial charge in [-0.25, -0.2) is 14.8 Å². The minimum absolute atomic E-state index is 0.0333. The summed E-state index contributed by atoms with van der Waals surface area (Å²) in [6.45, 7) is 2.52. The Morgan fingerprint density at radius 2 is 1.55 bits per heavy atom. The molecule has 4 rings (SSSR count). The molecule has 2 aliphatic heterocycles. The summed E-state index contributed by atoms with van der Waals surface area (Å²) in [4.78, 5) is 38.8. The molecule has 2 saturated heterocycles. The fourth-order valence-corrected chi connectivity index (χ4v) is 3.98. The zero-order valence-corrected chi connectivity index (χ0v) is 16.6. The summed E-state index contributed by atoms with van der Waals surface area (Å²) in [6, 6.07) is 7.32. The highest BCUT2D eigenvalue weighted by molar-refractivity contribution is 5.92. The monoisotopic (exact) mass is 437 g/mol. The molecule has 1 amide bonds. The van der Waals surface area contributed by atoms with Gasteiger partial charge in [-0.15, -0.1) is 0 Å². The van der Waals surface area contributed by atoms with Crippen LogP contribution in [0.5, 0.6) is 0 Å². The van der Waals surface area contributed by atoms with Gasteiger partial charge < -0.3 is 14.9 Å². The molecule has 0 saturated carbocycles. The molecule has 2 aliphatic rings. The van der Waals surface area contributed by atoms with E-state index in [0.29, 0.717) is 5.69 Å². The average molecular weight is 437 g/mol. The molecule has 0 bridgehead atoms. The van der Waals surface area contributed by atoms with Crippen molar-refractivity contribution >= 4 is 17.8 Å². The largest absolute Gasteiger partial charge is 0.490 e. The van der Waals surface area contributed by atoms with Crippen LogP contribution in [0.2, 0.25) is 0 Å². The first-order valence-electron chi connectivity index (χ1n) is 9.78. The van der Waals surface area contributed by atoms with Crippen molar-refractivity contribution in [3.05, 3.63) is 48.5 Å². The van der Waals surface area contributed by atoms with Crippen molar-refractivity contribution in [3.8, 4) is 0 Å². The minimum atomic E-state index is -5.08. The second-order valence-electron chi connectivity index (χ2n) is 7.34. The zero-order valence-electron chi connectivity index (χ0n) is 16.6. The molecule has 1 spiro atoms. The van der Waals surface area contributed by atoms with Crippen molar-refractivity contribution in [3.63, 3.8) is 0 Å². The van der Waals surface area contributed by atoms with Crippen LogP contribution in [0, 0.1) is 0 Å². The number of halogens is 3. The number of hydrogen-bond acceptors (Lipinski definition) is 6. The number of anilines is 1. The number of nitrogens with zero attached hydrogens (tertiary/aromatic N) is 5. The molecule has 8 nitrogen and oxygen atoms in total. The van der Waals surface area contributed by atoms with Crippen LogP contribution in [0.15, 0.2) is 42.9 Å². The van der Waals surface area contributed by atoms with Crippen LogP contribution in [0.3, 0.4) is 0 Å². The Balaban J connectivity index is 0.000000339. The van der Waals surface area contributed by atoms with E-state index in [2.05, 4.69) is 19.9 Å². The Bertz CT molecular complexity index is 888. The van der Waals surface area contributed by atoms with E-state index >= 15 is 0 Å². The number of aromatic nitrogens is 3. The molecular weight excluding hydrogens is 415 g/mol. The molecule has 2 aromatic heterocycles. The number of carboxylic acids is 1. The maximum Gasteiger partial charge on any atom is 0.490 e. The van der Waals surface area contributed by atoms with E-state index in [1.54, 1.807) is 24.7 Å². The van der Waals surface area contributed by atoms with Gasteiger partial charge in [-0.2, -0.15) is 13.2 Å². The van der Waals surface area contributed by atoms with Crippen LogP contribution >= 0.6 is 0 Å². The van der Waals surface area contributed by atoms with E-state index in [1.165, 1.54) is 0 Å². The first-order valence-corrected chi connectivity index (χ1v) is 9.78. The molecule has 0 aromatic carbocycles. The van der Waals surface area contributed by atoms with Crippen molar-refractivity contribution in [2.75, 3.05) is 24.5 Å². The lowest BCUT2D eigenvalue weighted by molar-refractivity contribution is -0.192. The van der Waals surface area contributed by atoms with Gasteiger partial charge >= 0.3 is 12.1 Å². The number of carbonyl (C=O) groups is 2. The summed E-state index contributed by atoms with van der Waals surface area (Å²) in [7, 11) is 0. The van der Waals surface area contributed by atoms with Gasteiger partial charge in [0, 0.05) is 43.8 Å². The van der Waals surface area contributed by atoms with E-state index in [0.717, 1.165) is 51.3 Å². The van der Waals surface area contributed by atoms with Gasteiger partial charge in [-0.05, 0) is 43.9 Å². The number of rotatable bonds is 2. The number of alkyl halides is 3. The number of pyridine rings is 1. The lowest BCUT2D eigenvalue weighted by Crippen LogP contribution is -2.54. The molecule has 0 aliphatic carbocycles. The summed E-state index contributed by atoms with van der Waals surface area (Å²) in [5.74, 6) is -1.90. The SMILES string of the molecule is O=C(O)C(F)(F)F.O=C(c1ccccn1)N1CCC2(CCCN2c2ncccn2)CC1. The smallest absolute Gasteiger partial charge is 0.475 e.